The predicted molar refractivity (Wildman–Crippen MR) is 142 cm³/mol. The predicted octanol–water partition coefficient (Wildman–Crippen LogP) is 10.6. The van der Waals surface area contributed by atoms with E-state index < -0.39 is 52.5 Å². The first-order valence-corrected chi connectivity index (χ1v) is 12.9. The third kappa shape index (κ3) is 7.29. The van der Waals surface area contributed by atoms with E-state index >= 15 is 0 Å². The molecule has 0 unspecified atom stereocenters. The monoisotopic (exact) mass is 592 g/mol. The van der Waals surface area contributed by atoms with Crippen LogP contribution in [0.1, 0.15) is 37.3 Å². The minimum absolute atomic E-state index is 0.0245. The van der Waals surface area contributed by atoms with Crippen LogP contribution in [0.2, 0.25) is 0 Å². The van der Waals surface area contributed by atoms with Crippen LogP contribution in [-0.2, 0) is 12.5 Å². The molecule has 0 aliphatic heterocycles. The van der Waals surface area contributed by atoms with Gasteiger partial charge in [-0.1, -0.05) is 50.1 Å². The summed E-state index contributed by atoms with van der Waals surface area (Å²) >= 11 is 0. The molecule has 0 fully saturated rings. The van der Waals surface area contributed by atoms with Gasteiger partial charge in [0.1, 0.15) is 28.8 Å². The van der Waals surface area contributed by atoms with Gasteiger partial charge in [-0.2, -0.15) is 17.6 Å². The maximum absolute atomic E-state index is 14.9. The molecule has 0 aromatic heterocycles. The molecule has 4 aromatic carbocycles. The molecule has 0 atom stereocenters. The van der Waals surface area contributed by atoms with Gasteiger partial charge >= 0.3 is 12.2 Å². The molecule has 4 rings (SSSR count). The van der Waals surface area contributed by atoms with Crippen LogP contribution in [0, 0.1) is 23.3 Å². The second-order valence-electron chi connectivity index (χ2n) is 9.40. The third-order valence-electron chi connectivity index (χ3n) is 6.39. The number of rotatable bonds is 11. The first kappa shape index (κ1) is 30.6. The Morgan fingerprint density at radius 3 is 1.95 bits per heavy atom. The first-order valence-electron chi connectivity index (χ1n) is 12.9. The van der Waals surface area contributed by atoms with Gasteiger partial charge in [-0.15, -0.1) is 0 Å². The van der Waals surface area contributed by atoms with E-state index in [9.17, 15) is 35.1 Å². The number of aryl methyl sites for hydroxylation is 1. The summed E-state index contributed by atoms with van der Waals surface area (Å²) in [6, 6.07) is 13.8. The SMILES string of the molecule is CCCCCc1ccc(-c2cc(F)c(C(F)(F)Oc3ccc(-c4ccc(OC=C(F)F)c(F)c4)c(F)c3)c(F)c2)cc1. The van der Waals surface area contributed by atoms with Crippen LogP contribution in [0.5, 0.6) is 11.5 Å². The molecule has 10 heteroatoms. The minimum atomic E-state index is -4.52. The Bertz CT molecular complexity index is 1560. The fourth-order valence-corrected chi connectivity index (χ4v) is 4.33. The van der Waals surface area contributed by atoms with Crippen molar-refractivity contribution in [3.63, 3.8) is 0 Å². The van der Waals surface area contributed by atoms with E-state index in [0.29, 0.717) is 11.6 Å². The fraction of sp³-hybridized carbons (Fsp3) is 0.188. The molecule has 0 N–H and O–H groups in total. The van der Waals surface area contributed by atoms with Gasteiger partial charge in [-0.25, -0.2) is 17.6 Å². The van der Waals surface area contributed by atoms with Gasteiger partial charge in [-0.3, -0.25) is 0 Å². The highest BCUT2D eigenvalue weighted by Crippen LogP contribution is 2.38. The van der Waals surface area contributed by atoms with E-state index in [2.05, 4.69) is 16.4 Å². The lowest BCUT2D eigenvalue weighted by molar-refractivity contribution is -0.189. The van der Waals surface area contributed by atoms with Gasteiger partial charge in [0.25, 0.3) is 0 Å². The molecule has 0 saturated carbocycles. The average Bonchev–Trinajstić information content (AvgIpc) is 2.92. The van der Waals surface area contributed by atoms with E-state index in [-0.39, 0.29) is 23.0 Å². The molecular formula is C32H24F8O2. The Morgan fingerprint density at radius 2 is 1.36 bits per heavy atom. The zero-order valence-electron chi connectivity index (χ0n) is 22.2. The lowest BCUT2D eigenvalue weighted by Gasteiger charge is -2.20. The fourth-order valence-electron chi connectivity index (χ4n) is 4.33. The van der Waals surface area contributed by atoms with Gasteiger partial charge in [0.15, 0.2) is 17.8 Å². The molecule has 0 spiro atoms. The van der Waals surface area contributed by atoms with Crippen molar-refractivity contribution in [1.82, 2.24) is 0 Å². The highest BCUT2D eigenvalue weighted by molar-refractivity contribution is 5.66. The van der Waals surface area contributed by atoms with Crippen LogP contribution >= 0.6 is 0 Å². The molecule has 0 aliphatic rings. The molecule has 0 saturated heterocycles. The number of hydrogen-bond donors (Lipinski definition) is 0. The Hall–Kier alpha value is -4.34. The van der Waals surface area contributed by atoms with Gasteiger partial charge < -0.3 is 9.47 Å². The number of hydrogen-bond acceptors (Lipinski definition) is 2. The van der Waals surface area contributed by atoms with Crippen LogP contribution in [0.4, 0.5) is 35.1 Å². The van der Waals surface area contributed by atoms with Gasteiger partial charge in [0.05, 0.1) is 0 Å². The van der Waals surface area contributed by atoms with Crippen LogP contribution < -0.4 is 9.47 Å². The largest absolute Gasteiger partial charge is 0.456 e. The number of ether oxygens (including phenoxy) is 2. The zero-order valence-corrected chi connectivity index (χ0v) is 22.2. The Balaban J connectivity index is 1.52. The maximum Gasteiger partial charge on any atom is 0.432 e. The van der Waals surface area contributed by atoms with Gasteiger partial charge in [0.2, 0.25) is 0 Å². The molecule has 2 nitrogen and oxygen atoms in total. The molecule has 0 aliphatic carbocycles. The zero-order chi connectivity index (χ0) is 30.4. The van der Waals surface area contributed by atoms with Crippen molar-refractivity contribution in [3.8, 4) is 33.8 Å². The van der Waals surface area contributed by atoms with E-state index in [1.807, 2.05) is 12.1 Å². The van der Waals surface area contributed by atoms with Crippen molar-refractivity contribution in [2.24, 2.45) is 0 Å². The van der Waals surface area contributed by atoms with Crippen molar-refractivity contribution in [2.45, 2.75) is 38.7 Å². The van der Waals surface area contributed by atoms with E-state index in [1.165, 1.54) is 0 Å². The van der Waals surface area contributed by atoms with Crippen molar-refractivity contribution < 1.29 is 44.6 Å². The summed E-state index contributed by atoms with van der Waals surface area (Å²) in [6.45, 7) is 2.09. The van der Waals surface area contributed by atoms with Crippen LogP contribution in [0.3, 0.4) is 0 Å². The first-order chi connectivity index (χ1) is 20.0. The summed E-state index contributed by atoms with van der Waals surface area (Å²) < 4.78 is 122. The summed E-state index contributed by atoms with van der Waals surface area (Å²) in [5, 5.41) is 0. The number of unbranched alkanes of at least 4 members (excludes halogenated alkanes) is 2. The van der Waals surface area contributed by atoms with E-state index in [4.69, 9.17) is 0 Å². The quantitative estimate of drug-likeness (QED) is 0.0980. The Kier molecular flexibility index (Phi) is 9.55. The molecule has 0 bridgehead atoms. The van der Waals surface area contributed by atoms with Crippen LogP contribution in [0.25, 0.3) is 22.3 Å². The molecule has 4 aromatic rings. The number of halogens is 8. The lowest BCUT2D eigenvalue weighted by atomic mass is 9.99. The highest BCUT2D eigenvalue weighted by atomic mass is 19.3. The molecule has 220 valence electrons. The van der Waals surface area contributed by atoms with E-state index in [1.54, 1.807) is 12.1 Å². The van der Waals surface area contributed by atoms with Crippen molar-refractivity contribution in [2.75, 3.05) is 0 Å². The summed E-state index contributed by atoms with van der Waals surface area (Å²) in [5.41, 5.74) is -0.439. The van der Waals surface area contributed by atoms with Gasteiger partial charge in [-0.05, 0) is 71.5 Å². The summed E-state index contributed by atoms with van der Waals surface area (Å²) in [4.78, 5) is 0. The van der Waals surface area contributed by atoms with Crippen molar-refractivity contribution in [1.29, 1.82) is 0 Å². The van der Waals surface area contributed by atoms with Crippen LogP contribution in [0.15, 0.2) is 85.1 Å². The summed E-state index contributed by atoms with van der Waals surface area (Å²) in [5.74, 6) is -6.64. The molecule has 0 amide bonds. The van der Waals surface area contributed by atoms with Gasteiger partial charge in [0, 0.05) is 11.6 Å². The number of alkyl halides is 2. The smallest absolute Gasteiger partial charge is 0.432 e. The highest BCUT2D eigenvalue weighted by Gasteiger charge is 2.41. The Labute approximate surface area is 236 Å². The molecular weight excluding hydrogens is 568 g/mol. The number of benzene rings is 4. The second-order valence-corrected chi connectivity index (χ2v) is 9.40. The average molecular weight is 593 g/mol. The standard InChI is InChI=1S/C32H24F8O2/c1-2-3-4-5-19-6-8-20(9-7-19)22-15-27(35)31(28(36)16-22)32(39,40)42-23-11-12-24(25(33)17-23)21-10-13-29(26(34)14-21)41-18-30(37)38/h6-18H,2-5H2,1H3. The van der Waals surface area contributed by atoms with E-state index in [0.717, 1.165) is 73.7 Å². The molecule has 0 heterocycles. The molecule has 42 heavy (non-hydrogen) atoms. The third-order valence-corrected chi connectivity index (χ3v) is 6.39. The maximum atomic E-state index is 14.9. The Morgan fingerprint density at radius 1 is 0.714 bits per heavy atom. The van der Waals surface area contributed by atoms with Crippen molar-refractivity contribution in [3.05, 3.63) is 120 Å². The van der Waals surface area contributed by atoms with Crippen LogP contribution in [-0.4, -0.2) is 0 Å². The molecule has 0 radical (unpaired) electrons. The second kappa shape index (κ2) is 13.1. The topological polar surface area (TPSA) is 18.5 Å². The normalized spacial score (nSPS) is 11.4. The minimum Gasteiger partial charge on any atom is -0.456 e. The van der Waals surface area contributed by atoms with Crippen molar-refractivity contribution >= 4 is 0 Å². The summed E-state index contributed by atoms with van der Waals surface area (Å²) in [7, 11) is 0. The summed E-state index contributed by atoms with van der Waals surface area (Å²) in [6.07, 6.45) is -2.71. The lowest BCUT2D eigenvalue weighted by Crippen LogP contribution is -2.25.